The third kappa shape index (κ3) is 640. The molecule has 0 spiro atoms. The van der Waals surface area contributed by atoms with Crippen LogP contribution in [0.25, 0.3) is 0 Å². The van der Waals surface area contributed by atoms with Crippen LogP contribution in [-0.2, 0) is 0 Å². The molecule has 0 fully saturated rings. The van der Waals surface area contributed by atoms with Crippen LogP contribution in [0.3, 0.4) is 0 Å². The zero-order valence-electron chi connectivity index (χ0n) is 3.50. The first kappa shape index (κ1) is 15.7. The second-order valence-electron chi connectivity index (χ2n) is 0.200. The molecule has 0 unspecified atom stereocenters. The molecule has 0 amide bonds. The van der Waals surface area contributed by atoms with Crippen molar-refractivity contribution in [1.82, 2.24) is 0 Å². The summed E-state index contributed by atoms with van der Waals surface area (Å²) >= 11 is 6.19. The fraction of sp³-hybridized carbons (Fsp3) is 0. The quantitative estimate of drug-likeness (QED) is 0.292. The summed E-state index contributed by atoms with van der Waals surface area (Å²) in [5.74, 6) is 0. The van der Waals surface area contributed by atoms with Gasteiger partial charge in [0.2, 0.25) is 0 Å². The molecule has 0 aromatic rings. The lowest BCUT2D eigenvalue weighted by Gasteiger charge is -1.14. The lowest BCUT2D eigenvalue weighted by molar-refractivity contribution is 1.57. The summed E-state index contributed by atoms with van der Waals surface area (Å²) in [5, 5.41) is 17.3. The number of thiol groups is 2. The minimum Gasteiger partial charge on any atom is -0.185 e. The van der Waals surface area contributed by atoms with Gasteiger partial charge >= 0.3 is 0 Å². The van der Waals surface area contributed by atoms with Gasteiger partial charge in [0.1, 0.15) is 10.8 Å². The van der Waals surface area contributed by atoms with E-state index in [0.717, 1.165) is 0 Å². The van der Waals surface area contributed by atoms with E-state index in [1.807, 2.05) is 0 Å². The van der Waals surface area contributed by atoms with Crippen LogP contribution in [0, 0.1) is 21.3 Å². The Morgan fingerprint density at radius 1 is 1.00 bits per heavy atom. The fourth-order valence-corrected chi connectivity index (χ4v) is 0. The number of thiocyanates is 2. The smallest absolute Gasteiger partial charge is 0.130 e. The third-order valence-corrected chi connectivity index (χ3v) is 0. The molecular formula is C2H2MgN2S2. The summed E-state index contributed by atoms with van der Waals surface area (Å²) in [6, 6.07) is 0. The molecule has 5 heteroatoms. The summed E-state index contributed by atoms with van der Waals surface area (Å²) < 4.78 is 0. The van der Waals surface area contributed by atoms with Gasteiger partial charge in [0, 0.05) is 23.1 Å². The molecule has 7 heavy (non-hydrogen) atoms. The normalized spacial score (nSPS) is 2.29. The molecular weight excluding hydrogens is 140 g/mol. The maximum absolute atomic E-state index is 7.18. The van der Waals surface area contributed by atoms with Gasteiger partial charge < -0.3 is 0 Å². The topological polar surface area (TPSA) is 47.6 Å². The SMILES string of the molecule is N#CS.N#CS.[Mg]. The highest BCUT2D eigenvalue weighted by atomic mass is 32.1. The average molecular weight is 142 g/mol. The first-order valence-corrected chi connectivity index (χ1v) is 1.79. The number of hydrogen-bond donors (Lipinski definition) is 2. The standard InChI is InChI=1S/2CHNS.Mg/c2*2-1-3;/h2*3H;. The third-order valence-electron chi connectivity index (χ3n) is 0. The van der Waals surface area contributed by atoms with Crippen molar-refractivity contribution >= 4 is 48.3 Å². The molecule has 0 saturated carbocycles. The lowest BCUT2D eigenvalue weighted by Crippen LogP contribution is -0.961. The van der Waals surface area contributed by atoms with Crippen LogP contribution in [0.5, 0.6) is 0 Å². The Bertz CT molecular complexity index is 68.7. The van der Waals surface area contributed by atoms with Gasteiger partial charge in [-0.2, -0.15) is 10.5 Å². The molecule has 0 N–H and O–H groups in total. The molecule has 0 heterocycles. The maximum atomic E-state index is 7.18. The van der Waals surface area contributed by atoms with Crippen LogP contribution in [-0.4, -0.2) is 23.1 Å². The Kier molecular flexibility index (Phi) is 71.4. The minimum absolute atomic E-state index is 0. The predicted octanol–water partition coefficient (Wildman–Crippen LogP) is 0.414. The highest BCUT2D eigenvalue weighted by Crippen LogP contribution is 1.46. The molecule has 2 nitrogen and oxygen atoms in total. The second kappa shape index (κ2) is 32.0. The van der Waals surface area contributed by atoms with E-state index in [1.54, 1.807) is 0 Å². The van der Waals surface area contributed by atoms with Crippen molar-refractivity contribution in [2.45, 2.75) is 0 Å². The van der Waals surface area contributed by atoms with Crippen molar-refractivity contribution in [3.63, 3.8) is 0 Å². The summed E-state index contributed by atoms with van der Waals surface area (Å²) in [4.78, 5) is 0. The molecule has 0 aromatic heterocycles. The monoisotopic (exact) mass is 142 g/mol. The largest absolute Gasteiger partial charge is 0.185 e. The molecule has 2 radical (unpaired) electrons. The van der Waals surface area contributed by atoms with Gasteiger partial charge in [-0.05, 0) is 0 Å². The van der Waals surface area contributed by atoms with E-state index in [9.17, 15) is 0 Å². The Labute approximate surface area is 69.5 Å². The van der Waals surface area contributed by atoms with Crippen molar-refractivity contribution < 1.29 is 0 Å². The molecule has 0 aliphatic rings. The van der Waals surface area contributed by atoms with Gasteiger partial charge in [0.15, 0.2) is 0 Å². The van der Waals surface area contributed by atoms with Gasteiger partial charge in [0.05, 0.1) is 0 Å². The zero-order valence-corrected chi connectivity index (χ0v) is 6.70. The number of nitriles is 2. The fourth-order valence-electron chi connectivity index (χ4n) is 0. The molecule has 34 valence electrons. The van der Waals surface area contributed by atoms with E-state index in [4.69, 9.17) is 10.5 Å². The summed E-state index contributed by atoms with van der Waals surface area (Å²) in [6.45, 7) is 0. The number of nitrogens with zero attached hydrogens (tertiary/aromatic N) is 2. The van der Waals surface area contributed by atoms with Crippen LogP contribution >= 0.6 is 25.3 Å². The first-order valence-electron chi connectivity index (χ1n) is 0.894. The Morgan fingerprint density at radius 3 is 1.00 bits per heavy atom. The van der Waals surface area contributed by atoms with Crippen LogP contribution in [0.1, 0.15) is 0 Å². The van der Waals surface area contributed by atoms with Crippen molar-refractivity contribution in [2.24, 2.45) is 0 Å². The van der Waals surface area contributed by atoms with E-state index in [0.29, 0.717) is 0 Å². The van der Waals surface area contributed by atoms with E-state index < -0.39 is 0 Å². The molecule has 0 aliphatic carbocycles. The van der Waals surface area contributed by atoms with Gasteiger partial charge in [-0.15, -0.1) is 0 Å². The van der Waals surface area contributed by atoms with Crippen molar-refractivity contribution in [3.8, 4) is 10.8 Å². The van der Waals surface area contributed by atoms with Gasteiger partial charge in [-0.1, -0.05) is 25.3 Å². The van der Waals surface area contributed by atoms with Crippen LogP contribution < -0.4 is 0 Å². The Balaban J connectivity index is -0.0000000400. The molecule has 0 aliphatic heterocycles. The summed E-state index contributed by atoms with van der Waals surface area (Å²) in [5.41, 5.74) is 0. The maximum Gasteiger partial charge on any atom is 0.130 e. The van der Waals surface area contributed by atoms with Crippen LogP contribution in [0.15, 0.2) is 0 Å². The highest BCUT2D eigenvalue weighted by Gasteiger charge is 1.18. The molecule has 0 aromatic carbocycles. The minimum atomic E-state index is 0. The van der Waals surface area contributed by atoms with Crippen LogP contribution in [0.4, 0.5) is 0 Å². The van der Waals surface area contributed by atoms with Gasteiger partial charge in [-0.3, -0.25) is 0 Å². The van der Waals surface area contributed by atoms with E-state index in [2.05, 4.69) is 25.3 Å². The van der Waals surface area contributed by atoms with E-state index >= 15 is 0 Å². The average Bonchev–Trinajstić information content (AvgIpc) is 1.39. The molecule has 0 rings (SSSR count). The van der Waals surface area contributed by atoms with Crippen molar-refractivity contribution in [3.05, 3.63) is 0 Å². The predicted molar refractivity (Wildman–Crippen MR) is 35.0 cm³/mol. The van der Waals surface area contributed by atoms with Gasteiger partial charge in [0.25, 0.3) is 0 Å². The summed E-state index contributed by atoms with van der Waals surface area (Å²) in [6.07, 6.45) is 0. The Morgan fingerprint density at radius 2 is 1.00 bits per heavy atom. The molecule has 0 saturated heterocycles. The van der Waals surface area contributed by atoms with Crippen molar-refractivity contribution in [2.75, 3.05) is 0 Å². The molecule has 0 atom stereocenters. The lowest BCUT2D eigenvalue weighted by atomic mass is 11.8. The highest BCUT2D eigenvalue weighted by molar-refractivity contribution is 7.85. The van der Waals surface area contributed by atoms with Crippen molar-refractivity contribution in [1.29, 1.82) is 10.5 Å². The number of hydrogen-bond acceptors (Lipinski definition) is 4. The first-order chi connectivity index (χ1) is 2.83. The second-order valence-corrected chi connectivity index (χ2v) is 0.600. The Hall–Kier alpha value is 0.446. The van der Waals surface area contributed by atoms with Gasteiger partial charge in [-0.25, -0.2) is 0 Å². The van der Waals surface area contributed by atoms with Crippen LogP contribution in [0.2, 0.25) is 0 Å². The van der Waals surface area contributed by atoms with E-state index in [1.165, 1.54) is 10.8 Å². The van der Waals surface area contributed by atoms with E-state index in [-0.39, 0.29) is 23.1 Å². The number of rotatable bonds is 0. The molecule has 0 bridgehead atoms. The summed E-state index contributed by atoms with van der Waals surface area (Å²) in [7, 11) is 0. The zero-order chi connectivity index (χ0) is 5.41.